The summed E-state index contributed by atoms with van der Waals surface area (Å²) in [6, 6.07) is 8.30. The predicted molar refractivity (Wildman–Crippen MR) is 103 cm³/mol. The van der Waals surface area contributed by atoms with Crippen molar-refractivity contribution in [2.75, 3.05) is 39.4 Å². The summed E-state index contributed by atoms with van der Waals surface area (Å²) in [5.41, 5.74) is 2.16. The first-order chi connectivity index (χ1) is 12.8. The average Bonchev–Trinajstić information content (AvgIpc) is 2.70. The van der Waals surface area contributed by atoms with Gasteiger partial charge in [-0.05, 0) is 43.7 Å². The Morgan fingerprint density at radius 3 is 2.50 bits per heavy atom. The minimum Gasteiger partial charge on any atom is -0.379 e. The van der Waals surface area contributed by atoms with Crippen molar-refractivity contribution in [1.29, 1.82) is 0 Å². The fraction of sp³-hybridized carbons (Fsp3) is 0.500. The molecule has 6 heteroatoms. The smallest absolute Gasteiger partial charge is 0.159 e. The van der Waals surface area contributed by atoms with Crippen molar-refractivity contribution in [3.05, 3.63) is 47.2 Å². The molecule has 5 nitrogen and oxygen atoms in total. The van der Waals surface area contributed by atoms with Crippen LogP contribution < -0.4 is 0 Å². The van der Waals surface area contributed by atoms with E-state index in [0.29, 0.717) is 6.04 Å². The van der Waals surface area contributed by atoms with Crippen LogP contribution in [-0.2, 0) is 11.3 Å². The highest BCUT2D eigenvalue weighted by Gasteiger charge is 2.26. The van der Waals surface area contributed by atoms with Crippen LogP contribution in [0.25, 0.3) is 11.4 Å². The minimum absolute atomic E-state index is 0.655. The summed E-state index contributed by atoms with van der Waals surface area (Å²) >= 11 is 5.94. The van der Waals surface area contributed by atoms with E-state index >= 15 is 0 Å². The van der Waals surface area contributed by atoms with Gasteiger partial charge in [0.2, 0.25) is 0 Å². The van der Waals surface area contributed by atoms with Crippen LogP contribution in [0.1, 0.15) is 18.4 Å². The van der Waals surface area contributed by atoms with Gasteiger partial charge in [-0.15, -0.1) is 0 Å². The van der Waals surface area contributed by atoms with Gasteiger partial charge in [-0.2, -0.15) is 0 Å². The molecule has 0 N–H and O–H groups in total. The molecule has 26 heavy (non-hydrogen) atoms. The second-order valence-electron chi connectivity index (χ2n) is 7.10. The SMILES string of the molecule is Clc1ccc(-c2ncc(CN3CCCC(N4CCOCC4)C3)cn2)cc1. The molecule has 2 aliphatic rings. The normalized spacial score (nSPS) is 22.4. The van der Waals surface area contributed by atoms with Gasteiger partial charge in [-0.1, -0.05) is 11.6 Å². The maximum atomic E-state index is 5.94. The zero-order valence-corrected chi connectivity index (χ0v) is 15.7. The molecule has 138 valence electrons. The largest absolute Gasteiger partial charge is 0.379 e. The van der Waals surface area contributed by atoms with E-state index in [1.807, 2.05) is 36.7 Å². The number of hydrogen-bond donors (Lipinski definition) is 0. The molecule has 1 aromatic carbocycles. The molecule has 1 aromatic heterocycles. The van der Waals surface area contributed by atoms with Gasteiger partial charge >= 0.3 is 0 Å². The Morgan fingerprint density at radius 1 is 1.04 bits per heavy atom. The predicted octanol–water partition coefficient (Wildman–Crippen LogP) is 3.09. The van der Waals surface area contributed by atoms with Crippen LogP contribution >= 0.6 is 11.6 Å². The number of likely N-dealkylation sites (tertiary alicyclic amines) is 1. The van der Waals surface area contributed by atoms with Crippen molar-refractivity contribution < 1.29 is 4.74 Å². The number of rotatable bonds is 4. The molecule has 0 bridgehead atoms. The number of aromatic nitrogens is 2. The van der Waals surface area contributed by atoms with E-state index < -0.39 is 0 Å². The summed E-state index contributed by atoms with van der Waals surface area (Å²) in [6.07, 6.45) is 6.46. The molecule has 0 amide bonds. The van der Waals surface area contributed by atoms with Crippen LogP contribution in [0, 0.1) is 0 Å². The summed E-state index contributed by atoms with van der Waals surface area (Å²) in [5, 5.41) is 0.727. The molecule has 2 fully saturated rings. The fourth-order valence-electron chi connectivity index (χ4n) is 3.86. The summed E-state index contributed by atoms with van der Waals surface area (Å²) in [7, 11) is 0. The Morgan fingerprint density at radius 2 is 1.77 bits per heavy atom. The monoisotopic (exact) mass is 372 g/mol. The van der Waals surface area contributed by atoms with E-state index in [9.17, 15) is 0 Å². The standard InChI is InChI=1S/C20H25ClN4O/c21-18-5-3-17(4-6-18)20-22-12-16(13-23-20)14-24-7-1-2-19(15-24)25-8-10-26-11-9-25/h3-6,12-13,19H,1-2,7-11,14-15H2. The second kappa shape index (κ2) is 8.44. The van der Waals surface area contributed by atoms with Crippen molar-refractivity contribution in [2.24, 2.45) is 0 Å². The van der Waals surface area contributed by atoms with Crippen molar-refractivity contribution >= 4 is 11.6 Å². The Hall–Kier alpha value is -1.53. The molecule has 4 rings (SSSR count). The number of halogens is 1. The van der Waals surface area contributed by atoms with Crippen LogP contribution in [0.2, 0.25) is 5.02 Å². The van der Waals surface area contributed by atoms with Crippen molar-refractivity contribution in [2.45, 2.75) is 25.4 Å². The summed E-state index contributed by atoms with van der Waals surface area (Å²) < 4.78 is 5.49. The summed E-state index contributed by atoms with van der Waals surface area (Å²) in [4.78, 5) is 14.2. The van der Waals surface area contributed by atoms with Crippen LogP contribution in [-0.4, -0.2) is 65.2 Å². The first-order valence-corrected chi connectivity index (χ1v) is 9.77. The van der Waals surface area contributed by atoms with Crippen molar-refractivity contribution in [3.63, 3.8) is 0 Å². The molecule has 1 unspecified atom stereocenters. The molecule has 0 spiro atoms. The maximum Gasteiger partial charge on any atom is 0.159 e. The third-order valence-corrected chi connectivity index (χ3v) is 5.51. The highest BCUT2D eigenvalue weighted by Crippen LogP contribution is 2.20. The Labute approximate surface area is 160 Å². The highest BCUT2D eigenvalue weighted by molar-refractivity contribution is 6.30. The van der Waals surface area contributed by atoms with Crippen LogP contribution in [0.15, 0.2) is 36.7 Å². The Bertz CT molecular complexity index is 701. The van der Waals surface area contributed by atoms with Gasteiger partial charge < -0.3 is 4.74 Å². The van der Waals surface area contributed by atoms with Gasteiger partial charge in [0.1, 0.15) is 0 Å². The topological polar surface area (TPSA) is 41.5 Å². The molecule has 0 radical (unpaired) electrons. The van der Waals surface area contributed by atoms with Gasteiger partial charge in [0.25, 0.3) is 0 Å². The van der Waals surface area contributed by atoms with Gasteiger partial charge in [0.15, 0.2) is 5.82 Å². The number of piperidine rings is 1. The zero-order valence-electron chi connectivity index (χ0n) is 15.0. The quantitative estimate of drug-likeness (QED) is 0.824. The molecule has 0 saturated carbocycles. The lowest BCUT2D eigenvalue weighted by atomic mass is 10.0. The molecule has 0 aliphatic carbocycles. The lowest BCUT2D eigenvalue weighted by Crippen LogP contribution is -2.51. The molecular formula is C20H25ClN4O. The second-order valence-corrected chi connectivity index (χ2v) is 7.54. The van der Waals surface area contributed by atoms with Crippen molar-refractivity contribution in [3.8, 4) is 11.4 Å². The maximum absolute atomic E-state index is 5.94. The third kappa shape index (κ3) is 4.41. The number of nitrogens with zero attached hydrogens (tertiary/aromatic N) is 4. The molecule has 2 aromatic rings. The summed E-state index contributed by atoms with van der Waals surface area (Å²) in [6.45, 7) is 7.07. The van der Waals surface area contributed by atoms with Gasteiger partial charge in [-0.3, -0.25) is 9.80 Å². The zero-order chi connectivity index (χ0) is 17.8. The number of morpholine rings is 1. The van der Waals surface area contributed by atoms with Crippen LogP contribution in [0.5, 0.6) is 0 Å². The van der Waals surface area contributed by atoms with E-state index in [4.69, 9.17) is 16.3 Å². The van der Waals surface area contributed by atoms with Crippen molar-refractivity contribution in [1.82, 2.24) is 19.8 Å². The van der Waals surface area contributed by atoms with E-state index in [1.165, 1.54) is 18.4 Å². The van der Waals surface area contributed by atoms with Gasteiger partial charge in [0, 0.05) is 60.8 Å². The van der Waals surface area contributed by atoms with E-state index in [0.717, 1.165) is 62.3 Å². The first-order valence-electron chi connectivity index (χ1n) is 9.39. The molecule has 3 heterocycles. The Balaban J connectivity index is 1.36. The number of ether oxygens (including phenoxy) is 1. The highest BCUT2D eigenvalue weighted by atomic mass is 35.5. The van der Waals surface area contributed by atoms with E-state index in [-0.39, 0.29) is 0 Å². The Kier molecular flexibility index (Phi) is 5.80. The average molecular weight is 373 g/mol. The number of hydrogen-bond acceptors (Lipinski definition) is 5. The number of benzene rings is 1. The van der Waals surface area contributed by atoms with Crippen LogP contribution in [0.3, 0.4) is 0 Å². The molecule has 2 saturated heterocycles. The molecule has 1 atom stereocenters. The lowest BCUT2D eigenvalue weighted by Gasteiger charge is -2.40. The van der Waals surface area contributed by atoms with E-state index in [1.54, 1.807) is 0 Å². The molecule has 2 aliphatic heterocycles. The lowest BCUT2D eigenvalue weighted by molar-refractivity contribution is -0.00360. The third-order valence-electron chi connectivity index (χ3n) is 5.26. The summed E-state index contributed by atoms with van der Waals surface area (Å²) in [5.74, 6) is 0.746. The van der Waals surface area contributed by atoms with E-state index in [2.05, 4.69) is 19.8 Å². The minimum atomic E-state index is 0.655. The molecular weight excluding hydrogens is 348 g/mol. The first kappa shape index (κ1) is 17.9. The van der Waals surface area contributed by atoms with Gasteiger partial charge in [0.05, 0.1) is 13.2 Å². The van der Waals surface area contributed by atoms with Crippen LogP contribution in [0.4, 0.5) is 0 Å². The van der Waals surface area contributed by atoms with Gasteiger partial charge in [-0.25, -0.2) is 9.97 Å². The fourth-order valence-corrected chi connectivity index (χ4v) is 3.98.